The van der Waals surface area contributed by atoms with Crippen LogP contribution in [0.3, 0.4) is 0 Å². The second kappa shape index (κ2) is 5.01. The van der Waals surface area contributed by atoms with Crippen molar-refractivity contribution in [3.8, 4) is 0 Å². The van der Waals surface area contributed by atoms with Crippen LogP contribution in [0.1, 0.15) is 28.2 Å². The summed E-state index contributed by atoms with van der Waals surface area (Å²) in [6.45, 7) is 1.93. The molecule has 1 atom stereocenters. The van der Waals surface area contributed by atoms with Crippen LogP contribution in [-0.4, -0.2) is 12.5 Å². The molecule has 106 valence electrons. The minimum absolute atomic E-state index is 0.00959. The Morgan fingerprint density at radius 1 is 1.10 bits per heavy atom. The van der Waals surface area contributed by atoms with Gasteiger partial charge in [-0.2, -0.15) is 0 Å². The number of rotatable bonds is 2. The van der Waals surface area contributed by atoms with Gasteiger partial charge in [-0.15, -0.1) is 0 Å². The van der Waals surface area contributed by atoms with E-state index < -0.39 is 0 Å². The number of hydrogen-bond acceptors (Lipinski definition) is 2. The first-order valence-electron chi connectivity index (χ1n) is 7.52. The van der Waals surface area contributed by atoms with Crippen molar-refractivity contribution in [2.45, 2.75) is 25.3 Å². The Morgan fingerprint density at radius 3 is 2.90 bits per heavy atom. The maximum atomic E-state index is 12.4. The first-order chi connectivity index (χ1) is 10.3. The molecule has 0 bridgehead atoms. The lowest BCUT2D eigenvalue weighted by Gasteiger charge is -2.29. The van der Waals surface area contributed by atoms with Gasteiger partial charge in [0.25, 0.3) is 0 Å². The average molecular weight is 278 g/mol. The van der Waals surface area contributed by atoms with Crippen molar-refractivity contribution in [1.29, 1.82) is 0 Å². The highest BCUT2D eigenvalue weighted by atomic mass is 16.1. The van der Waals surface area contributed by atoms with Gasteiger partial charge < -0.3 is 10.6 Å². The third kappa shape index (κ3) is 2.24. The molecule has 21 heavy (non-hydrogen) atoms. The van der Waals surface area contributed by atoms with Gasteiger partial charge >= 0.3 is 0 Å². The van der Waals surface area contributed by atoms with Gasteiger partial charge in [0.1, 0.15) is 0 Å². The van der Waals surface area contributed by atoms with Crippen LogP contribution >= 0.6 is 0 Å². The van der Waals surface area contributed by atoms with E-state index in [9.17, 15) is 4.79 Å². The van der Waals surface area contributed by atoms with E-state index in [4.69, 9.17) is 0 Å². The van der Waals surface area contributed by atoms with Crippen LogP contribution in [0.5, 0.6) is 0 Å². The summed E-state index contributed by atoms with van der Waals surface area (Å²) < 4.78 is 0. The molecule has 2 aliphatic rings. The molecular formula is C18H18N2O. The van der Waals surface area contributed by atoms with E-state index in [1.54, 1.807) is 0 Å². The summed E-state index contributed by atoms with van der Waals surface area (Å²) in [5.74, 6) is 0.118. The molecule has 3 nitrogen and oxygen atoms in total. The normalized spacial score (nSPS) is 19.1. The average Bonchev–Trinajstić information content (AvgIpc) is 2.48. The van der Waals surface area contributed by atoms with Crippen LogP contribution in [0.15, 0.2) is 42.5 Å². The van der Waals surface area contributed by atoms with E-state index in [0.717, 1.165) is 31.6 Å². The molecule has 1 aliphatic heterocycles. The number of carbonyl (C=O) groups excluding carboxylic acids is 1. The SMILES string of the molecule is O=C(Nc1ccc2c(c1)CNCC2)C1Cc2ccccc21. The second-order valence-corrected chi connectivity index (χ2v) is 5.86. The molecular weight excluding hydrogens is 260 g/mol. The van der Waals surface area contributed by atoms with E-state index in [0.29, 0.717) is 0 Å². The topological polar surface area (TPSA) is 41.1 Å². The van der Waals surface area contributed by atoms with E-state index in [-0.39, 0.29) is 11.8 Å². The standard InChI is InChI=1S/C18H18N2O/c21-18(17-10-13-3-1-2-4-16(13)17)20-15-6-5-12-7-8-19-11-14(12)9-15/h1-6,9,17,19H,7-8,10-11H2,(H,20,21). The number of benzene rings is 2. The number of amides is 1. The maximum Gasteiger partial charge on any atom is 0.232 e. The van der Waals surface area contributed by atoms with Crippen LogP contribution < -0.4 is 10.6 Å². The van der Waals surface area contributed by atoms with E-state index in [2.05, 4.69) is 34.9 Å². The lowest BCUT2D eigenvalue weighted by molar-refractivity contribution is -0.118. The monoisotopic (exact) mass is 278 g/mol. The molecule has 0 radical (unpaired) electrons. The lowest BCUT2D eigenvalue weighted by Crippen LogP contribution is -2.30. The Kier molecular flexibility index (Phi) is 3.00. The Bertz CT molecular complexity index is 708. The first-order valence-corrected chi connectivity index (χ1v) is 7.52. The molecule has 1 heterocycles. The molecule has 0 saturated heterocycles. The number of hydrogen-bond donors (Lipinski definition) is 2. The van der Waals surface area contributed by atoms with Crippen LogP contribution in [0.2, 0.25) is 0 Å². The molecule has 0 aromatic heterocycles. The molecule has 2 aromatic rings. The fourth-order valence-electron chi connectivity index (χ4n) is 3.28. The smallest absolute Gasteiger partial charge is 0.232 e. The summed E-state index contributed by atoms with van der Waals surface area (Å²) >= 11 is 0. The van der Waals surface area contributed by atoms with Crippen molar-refractivity contribution in [2.24, 2.45) is 0 Å². The predicted molar refractivity (Wildman–Crippen MR) is 83.4 cm³/mol. The van der Waals surface area contributed by atoms with Gasteiger partial charge in [0, 0.05) is 12.2 Å². The zero-order valence-electron chi connectivity index (χ0n) is 11.9. The number of carbonyl (C=O) groups is 1. The van der Waals surface area contributed by atoms with Gasteiger partial charge in [-0.1, -0.05) is 30.3 Å². The van der Waals surface area contributed by atoms with Gasteiger partial charge in [0.05, 0.1) is 5.92 Å². The summed E-state index contributed by atoms with van der Waals surface area (Å²) in [7, 11) is 0. The molecule has 0 fully saturated rings. The Morgan fingerprint density at radius 2 is 2.00 bits per heavy atom. The Labute approximate surface area is 124 Å². The zero-order valence-corrected chi connectivity index (χ0v) is 11.9. The van der Waals surface area contributed by atoms with Gasteiger partial charge in [-0.25, -0.2) is 0 Å². The molecule has 2 aromatic carbocycles. The van der Waals surface area contributed by atoms with Gasteiger partial charge in [0.2, 0.25) is 5.91 Å². The van der Waals surface area contributed by atoms with Crippen molar-refractivity contribution in [2.75, 3.05) is 11.9 Å². The summed E-state index contributed by atoms with van der Waals surface area (Å²) in [6.07, 6.45) is 1.92. The fourth-order valence-corrected chi connectivity index (χ4v) is 3.28. The minimum Gasteiger partial charge on any atom is -0.326 e. The predicted octanol–water partition coefficient (Wildman–Crippen LogP) is 2.61. The highest BCUT2D eigenvalue weighted by Crippen LogP contribution is 2.35. The van der Waals surface area contributed by atoms with E-state index in [1.807, 2.05) is 18.2 Å². The fraction of sp³-hybridized carbons (Fsp3) is 0.278. The summed E-state index contributed by atoms with van der Waals surface area (Å²) in [5.41, 5.74) is 6.07. The maximum absolute atomic E-state index is 12.4. The summed E-state index contributed by atoms with van der Waals surface area (Å²) in [5, 5.41) is 6.44. The molecule has 3 heteroatoms. The van der Waals surface area contributed by atoms with Crippen LogP contribution in [-0.2, 0) is 24.2 Å². The van der Waals surface area contributed by atoms with Crippen LogP contribution in [0.25, 0.3) is 0 Å². The van der Waals surface area contributed by atoms with Crippen molar-refractivity contribution >= 4 is 11.6 Å². The van der Waals surface area contributed by atoms with Crippen LogP contribution in [0, 0.1) is 0 Å². The number of fused-ring (bicyclic) bond motifs is 2. The largest absolute Gasteiger partial charge is 0.326 e. The highest BCUT2D eigenvalue weighted by Gasteiger charge is 2.31. The molecule has 4 rings (SSSR count). The first kappa shape index (κ1) is 12.6. The Hall–Kier alpha value is -2.13. The van der Waals surface area contributed by atoms with Crippen molar-refractivity contribution in [1.82, 2.24) is 5.32 Å². The quantitative estimate of drug-likeness (QED) is 0.886. The molecule has 0 spiro atoms. The van der Waals surface area contributed by atoms with Gasteiger partial charge in [-0.3, -0.25) is 4.79 Å². The molecule has 1 amide bonds. The second-order valence-electron chi connectivity index (χ2n) is 5.86. The molecule has 1 unspecified atom stereocenters. The third-order valence-electron chi connectivity index (χ3n) is 4.53. The molecule has 0 saturated carbocycles. The van der Waals surface area contributed by atoms with Crippen molar-refractivity contribution < 1.29 is 4.79 Å². The van der Waals surface area contributed by atoms with Crippen molar-refractivity contribution in [3.63, 3.8) is 0 Å². The van der Waals surface area contributed by atoms with Gasteiger partial charge in [0.15, 0.2) is 0 Å². The van der Waals surface area contributed by atoms with Crippen LogP contribution in [0.4, 0.5) is 5.69 Å². The number of anilines is 1. The van der Waals surface area contributed by atoms with Gasteiger partial charge in [-0.05, 0) is 53.8 Å². The summed E-state index contributed by atoms with van der Waals surface area (Å²) in [6, 6.07) is 14.5. The molecule has 2 N–H and O–H groups in total. The lowest BCUT2D eigenvalue weighted by atomic mass is 9.77. The zero-order chi connectivity index (χ0) is 14.2. The highest BCUT2D eigenvalue weighted by molar-refractivity contribution is 5.97. The van der Waals surface area contributed by atoms with Crippen molar-refractivity contribution in [3.05, 3.63) is 64.7 Å². The minimum atomic E-state index is 0.00959. The van der Waals surface area contributed by atoms with E-state index in [1.165, 1.54) is 22.3 Å². The number of nitrogens with one attached hydrogen (secondary N) is 2. The molecule has 1 aliphatic carbocycles. The third-order valence-corrected chi connectivity index (χ3v) is 4.53. The summed E-state index contributed by atoms with van der Waals surface area (Å²) in [4.78, 5) is 12.4. The Balaban J connectivity index is 1.51. The van der Waals surface area contributed by atoms with E-state index >= 15 is 0 Å².